The number of carboxylic acids is 1. The van der Waals surface area contributed by atoms with Gasteiger partial charge in [0, 0.05) is 13.1 Å². The first kappa shape index (κ1) is 20.1. The van der Waals surface area contributed by atoms with Crippen LogP contribution < -0.4 is 9.84 Å². The van der Waals surface area contributed by atoms with Crippen LogP contribution in [0.4, 0.5) is 0 Å². The van der Waals surface area contributed by atoms with Gasteiger partial charge in [-0.3, -0.25) is 4.79 Å². The fourth-order valence-corrected chi connectivity index (χ4v) is 2.81. The van der Waals surface area contributed by atoms with Crippen molar-refractivity contribution < 1.29 is 24.2 Å². The summed E-state index contributed by atoms with van der Waals surface area (Å²) in [7, 11) is 0. The van der Waals surface area contributed by atoms with Gasteiger partial charge in [0.1, 0.15) is 24.0 Å². The molecule has 7 heteroatoms. The zero-order valence-electron chi connectivity index (χ0n) is 15.7. The summed E-state index contributed by atoms with van der Waals surface area (Å²) >= 11 is 0. The summed E-state index contributed by atoms with van der Waals surface area (Å²) < 4.78 is 10.9. The zero-order valence-corrected chi connectivity index (χ0v) is 15.7. The van der Waals surface area contributed by atoms with E-state index in [1.807, 2.05) is 6.07 Å². The van der Waals surface area contributed by atoms with Crippen LogP contribution in [0.2, 0.25) is 0 Å². The fraction of sp³-hybridized carbons (Fsp3) is 0.227. The number of aromatic carboxylic acids is 1. The number of carboxylic acid groups (broad SMARTS) is 1. The van der Waals surface area contributed by atoms with Gasteiger partial charge < -0.3 is 24.3 Å². The molecule has 1 aliphatic heterocycles. The third kappa shape index (κ3) is 5.43. The van der Waals surface area contributed by atoms with Crippen molar-refractivity contribution in [1.29, 1.82) is 5.26 Å². The Hall–Kier alpha value is -3.63. The second-order valence-corrected chi connectivity index (χ2v) is 6.42. The molecule has 1 aliphatic rings. The highest BCUT2D eigenvalue weighted by Gasteiger charge is 2.20. The molecular weight excluding hydrogens is 372 g/mol. The lowest BCUT2D eigenvalue weighted by molar-refractivity contribution is -0.255. The summed E-state index contributed by atoms with van der Waals surface area (Å²) in [5.41, 5.74) is 1.73. The molecule has 0 N–H and O–H groups in total. The van der Waals surface area contributed by atoms with Crippen molar-refractivity contribution in [3.63, 3.8) is 0 Å². The topological polar surface area (TPSA) is 103 Å². The van der Waals surface area contributed by atoms with Crippen LogP contribution >= 0.6 is 0 Å². The number of benzene rings is 2. The molecule has 1 saturated heterocycles. The molecule has 0 atom stereocenters. The van der Waals surface area contributed by atoms with Crippen LogP contribution in [0.5, 0.6) is 5.75 Å². The molecule has 29 heavy (non-hydrogen) atoms. The number of nitrogens with zero attached hydrogens (tertiary/aromatic N) is 2. The molecule has 0 aliphatic carbocycles. The van der Waals surface area contributed by atoms with E-state index in [-0.39, 0.29) is 23.7 Å². The van der Waals surface area contributed by atoms with E-state index < -0.39 is 5.97 Å². The van der Waals surface area contributed by atoms with Crippen molar-refractivity contribution in [3.05, 3.63) is 70.8 Å². The number of ether oxygens (including phenoxy) is 2. The summed E-state index contributed by atoms with van der Waals surface area (Å²) in [6.07, 6.45) is 1.56. The predicted molar refractivity (Wildman–Crippen MR) is 103 cm³/mol. The molecular formula is C22H19N2O5-. The first-order valence-corrected chi connectivity index (χ1v) is 9.09. The van der Waals surface area contributed by atoms with Crippen molar-refractivity contribution in [2.45, 2.75) is 6.61 Å². The van der Waals surface area contributed by atoms with Crippen LogP contribution in [-0.4, -0.2) is 43.1 Å². The van der Waals surface area contributed by atoms with Gasteiger partial charge in [0.05, 0.1) is 19.2 Å². The van der Waals surface area contributed by atoms with Gasteiger partial charge in [-0.2, -0.15) is 5.26 Å². The minimum absolute atomic E-state index is 0.0774. The molecule has 0 saturated carbocycles. The molecule has 2 aromatic rings. The lowest BCUT2D eigenvalue weighted by Crippen LogP contribution is -2.41. The van der Waals surface area contributed by atoms with Gasteiger partial charge in [-0.1, -0.05) is 36.4 Å². The zero-order chi connectivity index (χ0) is 20.6. The van der Waals surface area contributed by atoms with Gasteiger partial charge in [-0.25, -0.2) is 0 Å². The minimum atomic E-state index is -1.22. The quantitative estimate of drug-likeness (QED) is 0.545. The number of hydrogen-bond donors (Lipinski definition) is 0. The van der Waals surface area contributed by atoms with Gasteiger partial charge in [-0.05, 0) is 34.9 Å². The molecule has 7 nitrogen and oxygen atoms in total. The van der Waals surface area contributed by atoms with Crippen LogP contribution in [0.1, 0.15) is 21.5 Å². The van der Waals surface area contributed by atoms with E-state index in [9.17, 15) is 20.0 Å². The van der Waals surface area contributed by atoms with Crippen LogP contribution in [0.15, 0.2) is 54.1 Å². The van der Waals surface area contributed by atoms with Crippen molar-refractivity contribution in [1.82, 2.24) is 4.90 Å². The number of amides is 1. The Morgan fingerprint density at radius 1 is 1.10 bits per heavy atom. The normalized spacial score (nSPS) is 14.2. The molecule has 3 rings (SSSR count). The Balaban J connectivity index is 1.61. The van der Waals surface area contributed by atoms with Crippen LogP contribution in [0, 0.1) is 11.3 Å². The monoisotopic (exact) mass is 391 g/mol. The Kier molecular flexibility index (Phi) is 6.61. The molecule has 1 heterocycles. The minimum Gasteiger partial charge on any atom is -0.545 e. The van der Waals surface area contributed by atoms with Gasteiger partial charge in [0.2, 0.25) is 0 Å². The van der Waals surface area contributed by atoms with E-state index in [4.69, 9.17) is 9.47 Å². The second-order valence-electron chi connectivity index (χ2n) is 6.42. The molecule has 0 aromatic heterocycles. The Morgan fingerprint density at radius 3 is 2.34 bits per heavy atom. The molecule has 1 fully saturated rings. The van der Waals surface area contributed by atoms with Crippen molar-refractivity contribution >= 4 is 18.0 Å². The number of morpholine rings is 1. The van der Waals surface area contributed by atoms with Crippen molar-refractivity contribution in [3.8, 4) is 11.8 Å². The standard InChI is InChI=1S/C22H20N2O5/c23-14-19(21(25)24-9-11-28-12-10-24)13-16-3-7-20(8-4-16)29-15-17-1-5-18(6-2-17)22(26)27/h1-8,13H,9-12,15H2,(H,26,27)/p-1/b19-13+. The molecule has 0 radical (unpaired) electrons. The maximum atomic E-state index is 12.4. The Labute approximate surface area is 168 Å². The van der Waals surface area contributed by atoms with Gasteiger partial charge in [-0.15, -0.1) is 0 Å². The SMILES string of the molecule is N#C/C(=C\c1ccc(OCc2ccc(C(=O)[O-])cc2)cc1)C(=O)N1CCOCC1. The number of hydrogen-bond acceptors (Lipinski definition) is 6. The molecule has 0 bridgehead atoms. The summed E-state index contributed by atoms with van der Waals surface area (Å²) in [4.78, 5) is 24.8. The second kappa shape index (κ2) is 9.53. The van der Waals surface area contributed by atoms with Gasteiger partial charge >= 0.3 is 0 Å². The van der Waals surface area contributed by atoms with E-state index in [0.717, 1.165) is 5.56 Å². The molecule has 0 unspecified atom stereocenters. The van der Waals surface area contributed by atoms with Crippen LogP contribution in [0.25, 0.3) is 6.08 Å². The average molecular weight is 391 g/mol. The van der Waals surface area contributed by atoms with Gasteiger partial charge in [0.15, 0.2) is 0 Å². The Morgan fingerprint density at radius 2 is 1.76 bits per heavy atom. The van der Waals surface area contributed by atoms with Crippen molar-refractivity contribution in [2.24, 2.45) is 0 Å². The number of rotatable bonds is 6. The molecule has 1 amide bonds. The highest BCUT2D eigenvalue weighted by molar-refractivity contribution is 6.01. The molecule has 0 spiro atoms. The lowest BCUT2D eigenvalue weighted by Gasteiger charge is -2.26. The third-order valence-electron chi connectivity index (χ3n) is 4.44. The van der Waals surface area contributed by atoms with Gasteiger partial charge in [0.25, 0.3) is 5.91 Å². The maximum Gasteiger partial charge on any atom is 0.264 e. The summed E-state index contributed by atoms with van der Waals surface area (Å²) in [6, 6.07) is 15.3. The summed E-state index contributed by atoms with van der Waals surface area (Å²) in [5, 5.41) is 20.1. The van der Waals surface area contributed by atoms with E-state index in [2.05, 4.69) is 0 Å². The maximum absolute atomic E-state index is 12.4. The summed E-state index contributed by atoms with van der Waals surface area (Å²) in [6.45, 7) is 2.20. The first-order chi connectivity index (χ1) is 14.1. The number of nitriles is 1. The largest absolute Gasteiger partial charge is 0.545 e. The van der Waals surface area contributed by atoms with Crippen LogP contribution in [-0.2, 0) is 16.1 Å². The smallest absolute Gasteiger partial charge is 0.264 e. The van der Waals surface area contributed by atoms with E-state index in [0.29, 0.717) is 37.6 Å². The third-order valence-corrected chi connectivity index (χ3v) is 4.44. The average Bonchev–Trinajstić information content (AvgIpc) is 2.77. The van der Waals surface area contributed by atoms with Crippen molar-refractivity contribution in [2.75, 3.05) is 26.3 Å². The molecule has 2 aromatic carbocycles. The molecule has 148 valence electrons. The fourth-order valence-electron chi connectivity index (χ4n) is 2.81. The Bertz CT molecular complexity index is 937. The van der Waals surface area contributed by atoms with E-state index in [1.165, 1.54) is 12.1 Å². The lowest BCUT2D eigenvalue weighted by atomic mass is 10.1. The number of carbonyl (C=O) groups excluding carboxylic acids is 2. The van der Waals surface area contributed by atoms with E-state index in [1.54, 1.807) is 47.4 Å². The van der Waals surface area contributed by atoms with Crippen LogP contribution in [0.3, 0.4) is 0 Å². The first-order valence-electron chi connectivity index (χ1n) is 9.09. The predicted octanol–water partition coefficient (Wildman–Crippen LogP) is 1.39. The summed E-state index contributed by atoms with van der Waals surface area (Å²) in [5.74, 6) is -0.898. The highest BCUT2D eigenvalue weighted by atomic mass is 16.5. The number of carbonyl (C=O) groups is 2. The highest BCUT2D eigenvalue weighted by Crippen LogP contribution is 2.17. The van der Waals surface area contributed by atoms with E-state index >= 15 is 0 Å².